The quantitative estimate of drug-likeness (QED) is 0.131. The first-order valence-corrected chi connectivity index (χ1v) is 19.6. The van der Waals surface area contributed by atoms with Crippen molar-refractivity contribution in [1.82, 2.24) is 23.5 Å². The molecule has 0 saturated carbocycles. The second kappa shape index (κ2) is 13.5. The van der Waals surface area contributed by atoms with Crippen molar-refractivity contribution in [2.24, 2.45) is 0 Å². The Morgan fingerprint density at radius 3 is 2.10 bits per heavy atom. The van der Waals surface area contributed by atoms with E-state index in [1.165, 1.54) is 33.0 Å². The predicted octanol–water partition coefficient (Wildman–Crippen LogP) is 9.58. The number of aryl methyl sites for hydroxylation is 2. The molecule has 0 saturated heterocycles. The molecule has 0 atom stereocenters. The number of para-hydroxylation sites is 5. The van der Waals surface area contributed by atoms with Crippen LogP contribution >= 0.6 is 0 Å². The maximum atomic E-state index is 5.72. The van der Waals surface area contributed by atoms with Crippen LogP contribution in [0.1, 0.15) is 37.5 Å². The Bertz CT molecular complexity index is 3160. The smallest absolute Gasteiger partial charge is 0.319 e. The molecule has 0 aliphatic carbocycles. The molecule has 1 aliphatic rings. The molecule has 6 aromatic carbocycles. The Morgan fingerprint density at radius 2 is 1.29 bits per heavy atom. The molecule has 1 aliphatic heterocycles. The molecule has 5 heterocycles. The minimum atomic E-state index is -0.0945. The van der Waals surface area contributed by atoms with E-state index >= 15 is 0 Å². The number of pyridine rings is 1. The maximum absolute atomic E-state index is 5.72. The summed E-state index contributed by atoms with van der Waals surface area (Å²) in [7, 11) is 0. The average Bonchev–Trinajstić information content (AvgIpc) is 3.87. The van der Waals surface area contributed by atoms with Crippen LogP contribution in [0.25, 0.3) is 50.1 Å². The Balaban J connectivity index is 0.00000408. The number of fused-ring (bicyclic) bond motifs is 9. The Kier molecular flexibility index (Phi) is 8.40. The second-order valence-corrected chi connectivity index (χ2v) is 16.3. The van der Waals surface area contributed by atoms with Gasteiger partial charge in [-0.1, -0.05) is 121 Å². The van der Waals surface area contributed by atoms with E-state index in [1.807, 2.05) is 12.1 Å². The maximum Gasteiger partial charge on any atom is 2.00 e. The average molecular weight is 930 g/mol. The van der Waals surface area contributed by atoms with Gasteiger partial charge in [-0.2, -0.15) is 53.0 Å². The van der Waals surface area contributed by atoms with Crippen LogP contribution in [-0.2, 0) is 26.5 Å². The number of rotatable bonds is 4. The van der Waals surface area contributed by atoms with Gasteiger partial charge in [-0.25, -0.2) is 4.98 Å². The minimum Gasteiger partial charge on any atom is -0.319 e. The number of hydrogen-bond acceptors (Lipinski definition) is 3. The SMILES string of the molecule is Cc1cccc(C)c1B1c2ccccc2N(c2cccc(-n3c4[c-]cccc4c4ccccc43)n2)c2nc3n(-c4[c-]ccc(C(C)(C)C)c4)c4ccccc4n3c21.[Pt+2]. The molecule has 10 aromatic rings. The third-order valence-electron chi connectivity index (χ3n) is 11.8. The van der Waals surface area contributed by atoms with Crippen molar-refractivity contribution in [1.29, 1.82) is 0 Å². The Morgan fingerprint density at radius 1 is 0.603 bits per heavy atom. The van der Waals surface area contributed by atoms with Crippen LogP contribution in [-0.4, -0.2) is 30.2 Å². The van der Waals surface area contributed by atoms with Crippen LogP contribution in [0, 0.1) is 26.0 Å². The van der Waals surface area contributed by atoms with Gasteiger partial charge in [0.1, 0.15) is 11.6 Å². The van der Waals surface area contributed by atoms with Gasteiger partial charge >= 0.3 is 21.1 Å². The van der Waals surface area contributed by atoms with E-state index in [0.717, 1.165) is 67.7 Å². The van der Waals surface area contributed by atoms with Crippen molar-refractivity contribution in [2.45, 2.75) is 40.0 Å². The number of aromatic nitrogens is 5. The second-order valence-electron chi connectivity index (χ2n) is 16.3. The topological polar surface area (TPSA) is 43.3 Å². The van der Waals surface area contributed by atoms with E-state index in [0.29, 0.717) is 0 Å². The van der Waals surface area contributed by atoms with Crippen molar-refractivity contribution in [3.05, 3.63) is 174 Å². The first kappa shape index (κ1) is 36.2. The number of imidazole rings is 2. The molecule has 6 nitrogen and oxygen atoms in total. The zero-order valence-corrected chi connectivity index (χ0v) is 35.2. The number of hydrogen-bond donors (Lipinski definition) is 0. The predicted molar refractivity (Wildman–Crippen MR) is 236 cm³/mol. The summed E-state index contributed by atoms with van der Waals surface area (Å²) in [6.45, 7) is 11.1. The summed E-state index contributed by atoms with van der Waals surface area (Å²) in [5, 5.41) is 2.33. The molecule has 282 valence electrons. The van der Waals surface area contributed by atoms with Crippen LogP contribution in [0.3, 0.4) is 0 Å². The van der Waals surface area contributed by atoms with Gasteiger partial charge in [0.15, 0.2) is 5.82 Å². The fourth-order valence-corrected chi connectivity index (χ4v) is 9.21. The standard InChI is InChI=1S/C50H39BN6.Pt/c1-32-17-14-18-33(2)46(32)51-38-23-8-11-26-41(38)56(45-30-16-29-44(52-45)55-39-24-9-6-21-36(39)37-22-7-10-25-40(37)55)48-47(51)57-43-28-13-12-27-42(43)54(49(57)53-48)35-20-15-19-34(31-35)50(3,4)5;/h6-19,21-24,26-31H,1-5H3;/q-2;+2. The molecular weight excluding hydrogens is 890 g/mol. The Labute approximate surface area is 352 Å². The van der Waals surface area contributed by atoms with Crippen molar-refractivity contribution >= 4 is 79.2 Å². The number of benzene rings is 6. The largest absolute Gasteiger partial charge is 2.00 e. The molecule has 58 heavy (non-hydrogen) atoms. The molecule has 0 fully saturated rings. The van der Waals surface area contributed by atoms with Gasteiger partial charge in [0.25, 0.3) is 6.71 Å². The molecular formula is C50H39BN6Pt. The van der Waals surface area contributed by atoms with Gasteiger partial charge in [-0.3, -0.25) is 9.30 Å². The monoisotopic (exact) mass is 929 g/mol. The van der Waals surface area contributed by atoms with Crippen LogP contribution in [0.5, 0.6) is 0 Å². The number of nitrogens with zero attached hydrogens (tertiary/aromatic N) is 6. The van der Waals surface area contributed by atoms with Crippen molar-refractivity contribution in [3.8, 4) is 11.5 Å². The van der Waals surface area contributed by atoms with Gasteiger partial charge in [-0.15, -0.1) is 11.5 Å². The van der Waals surface area contributed by atoms with Crippen LogP contribution in [0.2, 0.25) is 0 Å². The zero-order valence-electron chi connectivity index (χ0n) is 32.9. The van der Waals surface area contributed by atoms with Gasteiger partial charge in [0, 0.05) is 16.8 Å². The van der Waals surface area contributed by atoms with E-state index in [1.54, 1.807) is 0 Å². The van der Waals surface area contributed by atoms with Gasteiger partial charge < -0.3 is 9.13 Å². The summed E-state index contributed by atoms with van der Waals surface area (Å²) in [6.07, 6.45) is 0. The van der Waals surface area contributed by atoms with Crippen LogP contribution in [0.4, 0.5) is 17.3 Å². The first-order valence-electron chi connectivity index (χ1n) is 19.6. The fraction of sp³-hybridized carbons (Fsp3) is 0.120. The molecule has 0 spiro atoms. The summed E-state index contributed by atoms with van der Waals surface area (Å²) in [6, 6.07) is 58.7. The molecule has 0 unspecified atom stereocenters. The van der Waals surface area contributed by atoms with E-state index < -0.39 is 0 Å². The molecule has 4 aromatic heterocycles. The summed E-state index contributed by atoms with van der Waals surface area (Å²) in [5.74, 6) is 3.32. The van der Waals surface area contributed by atoms with Gasteiger partial charge in [-0.05, 0) is 66.5 Å². The van der Waals surface area contributed by atoms with E-state index in [9.17, 15) is 0 Å². The zero-order chi connectivity index (χ0) is 38.6. The number of anilines is 3. The van der Waals surface area contributed by atoms with E-state index in [2.05, 4.69) is 199 Å². The third kappa shape index (κ3) is 5.29. The molecule has 11 rings (SSSR count). The molecule has 0 amide bonds. The van der Waals surface area contributed by atoms with Gasteiger partial charge in [0.05, 0.1) is 11.0 Å². The molecule has 0 bridgehead atoms. The fourth-order valence-electron chi connectivity index (χ4n) is 9.21. The van der Waals surface area contributed by atoms with Crippen molar-refractivity contribution < 1.29 is 21.1 Å². The van der Waals surface area contributed by atoms with Crippen molar-refractivity contribution in [2.75, 3.05) is 4.90 Å². The molecule has 0 radical (unpaired) electrons. The first-order chi connectivity index (χ1) is 27.8. The van der Waals surface area contributed by atoms with Crippen LogP contribution < -0.4 is 21.4 Å². The summed E-state index contributed by atoms with van der Waals surface area (Å²) >= 11 is 0. The van der Waals surface area contributed by atoms with Crippen molar-refractivity contribution in [3.63, 3.8) is 0 Å². The van der Waals surface area contributed by atoms with E-state index in [4.69, 9.17) is 9.97 Å². The molecule has 8 heteroatoms. The van der Waals surface area contributed by atoms with E-state index in [-0.39, 0.29) is 33.2 Å². The summed E-state index contributed by atoms with van der Waals surface area (Å²) < 4.78 is 6.91. The molecule has 0 N–H and O–H groups in total. The minimum absolute atomic E-state index is 0. The summed E-state index contributed by atoms with van der Waals surface area (Å²) in [5.41, 5.74) is 13.6. The van der Waals surface area contributed by atoms with Gasteiger partial charge in [0.2, 0.25) is 5.78 Å². The normalized spacial score (nSPS) is 12.7. The Hall–Kier alpha value is -6.17. The third-order valence-corrected chi connectivity index (χ3v) is 11.8. The van der Waals surface area contributed by atoms with Crippen LogP contribution in [0.15, 0.2) is 146 Å². The summed E-state index contributed by atoms with van der Waals surface area (Å²) in [4.78, 5) is 13.5.